The standard InChI is InChI=1S/C33H38N2O5S/c1-25(27-8-12-31(13-9-27)41(37,38)32-14-10-30(39-2)11-15-32)28-16-20-34(21-17-28)29-18-22-35(23-19-29)33(36)40-24-26-6-4-3-5-7-26/h3-15,28-29H,1,16-24H2,2H3. The molecule has 0 N–H and O–H groups in total. The molecule has 2 heterocycles. The van der Waals surface area contributed by atoms with Gasteiger partial charge in [0, 0.05) is 19.1 Å². The van der Waals surface area contributed by atoms with E-state index in [0.717, 1.165) is 68.6 Å². The lowest BCUT2D eigenvalue weighted by atomic mass is 9.85. The molecule has 216 valence electrons. The Bertz CT molecular complexity index is 1420. The first-order chi connectivity index (χ1) is 19.8. The molecule has 2 aliphatic rings. The van der Waals surface area contributed by atoms with Gasteiger partial charge in [-0.15, -0.1) is 0 Å². The average Bonchev–Trinajstić information content (AvgIpc) is 3.04. The van der Waals surface area contributed by atoms with Gasteiger partial charge in [-0.3, -0.25) is 0 Å². The topological polar surface area (TPSA) is 76.2 Å². The number of hydrogen-bond donors (Lipinski definition) is 0. The second kappa shape index (κ2) is 12.9. The summed E-state index contributed by atoms with van der Waals surface area (Å²) in [6, 6.07) is 23.8. The van der Waals surface area contributed by atoms with Gasteiger partial charge >= 0.3 is 6.09 Å². The number of likely N-dealkylation sites (tertiary alicyclic amines) is 2. The number of methoxy groups -OCH3 is 1. The molecule has 0 spiro atoms. The van der Waals surface area contributed by atoms with Gasteiger partial charge in [-0.05, 0) is 97.8 Å². The SMILES string of the molecule is C=C(c1ccc(S(=O)(=O)c2ccc(OC)cc2)cc1)C1CCN(C2CCN(C(=O)OCc3ccccc3)CC2)CC1. The summed E-state index contributed by atoms with van der Waals surface area (Å²) < 4.78 is 36.8. The number of benzene rings is 3. The van der Waals surface area contributed by atoms with Crippen LogP contribution in [0.4, 0.5) is 4.79 Å². The van der Waals surface area contributed by atoms with E-state index in [0.29, 0.717) is 24.3 Å². The molecular formula is C33H38N2O5S. The van der Waals surface area contributed by atoms with Crippen LogP contribution >= 0.6 is 0 Å². The first-order valence-electron chi connectivity index (χ1n) is 14.2. The normalized spacial score (nSPS) is 17.2. The third kappa shape index (κ3) is 6.82. The number of sulfone groups is 1. The van der Waals surface area contributed by atoms with Crippen molar-refractivity contribution in [1.82, 2.24) is 9.80 Å². The third-order valence-corrected chi connectivity index (χ3v) is 10.2. The molecule has 3 aromatic carbocycles. The van der Waals surface area contributed by atoms with Crippen LogP contribution in [0.2, 0.25) is 0 Å². The van der Waals surface area contributed by atoms with Crippen molar-refractivity contribution in [2.75, 3.05) is 33.3 Å². The maximum absolute atomic E-state index is 13.1. The highest BCUT2D eigenvalue weighted by Gasteiger charge is 2.31. The minimum absolute atomic E-state index is 0.231. The van der Waals surface area contributed by atoms with Crippen molar-refractivity contribution in [3.05, 3.63) is 96.6 Å². The van der Waals surface area contributed by atoms with Crippen molar-refractivity contribution in [3.63, 3.8) is 0 Å². The zero-order valence-electron chi connectivity index (χ0n) is 23.6. The van der Waals surface area contributed by atoms with Crippen molar-refractivity contribution in [1.29, 1.82) is 0 Å². The van der Waals surface area contributed by atoms with Gasteiger partial charge in [0.15, 0.2) is 0 Å². The highest BCUT2D eigenvalue weighted by molar-refractivity contribution is 7.91. The summed E-state index contributed by atoms with van der Waals surface area (Å²) in [5.74, 6) is 0.981. The van der Waals surface area contributed by atoms with Crippen LogP contribution in [0.15, 0.2) is 95.2 Å². The molecule has 2 saturated heterocycles. The first kappa shape index (κ1) is 28.9. The van der Waals surface area contributed by atoms with Crippen molar-refractivity contribution in [2.24, 2.45) is 5.92 Å². The lowest BCUT2D eigenvalue weighted by molar-refractivity contribution is 0.0599. The van der Waals surface area contributed by atoms with Crippen LogP contribution in [0, 0.1) is 5.92 Å². The molecule has 0 aliphatic carbocycles. The summed E-state index contributed by atoms with van der Waals surface area (Å²) in [6.45, 7) is 8.12. The fraction of sp³-hybridized carbons (Fsp3) is 0.364. The van der Waals surface area contributed by atoms with E-state index in [1.807, 2.05) is 47.4 Å². The second-order valence-electron chi connectivity index (χ2n) is 10.8. The molecule has 3 aromatic rings. The van der Waals surface area contributed by atoms with E-state index in [1.54, 1.807) is 43.5 Å². The molecule has 0 bridgehead atoms. The fourth-order valence-corrected chi connectivity index (χ4v) is 7.07. The Hall–Kier alpha value is -3.62. The number of hydrogen-bond acceptors (Lipinski definition) is 6. The van der Waals surface area contributed by atoms with Crippen LogP contribution < -0.4 is 4.74 Å². The first-order valence-corrected chi connectivity index (χ1v) is 15.7. The third-order valence-electron chi connectivity index (χ3n) is 8.37. The quantitative estimate of drug-likeness (QED) is 0.326. The minimum atomic E-state index is -3.60. The largest absolute Gasteiger partial charge is 0.497 e. The van der Waals surface area contributed by atoms with Crippen LogP contribution in [0.5, 0.6) is 5.75 Å². The van der Waals surface area contributed by atoms with Gasteiger partial charge in [-0.25, -0.2) is 13.2 Å². The summed E-state index contributed by atoms with van der Waals surface area (Å²) in [7, 11) is -2.05. The van der Waals surface area contributed by atoms with Crippen molar-refractivity contribution in [3.8, 4) is 5.75 Å². The molecule has 0 radical (unpaired) electrons. The van der Waals surface area contributed by atoms with E-state index in [9.17, 15) is 13.2 Å². The minimum Gasteiger partial charge on any atom is -0.497 e. The summed E-state index contributed by atoms with van der Waals surface area (Å²) in [4.78, 5) is 17.4. The summed E-state index contributed by atoms with van der Waals surface area (Å²) >= 11 is 0. The van der Waals surface area contributed by atoms with E-state index in [1.165, 1.54) is 0 Å². The molecule has 0 atom stereocenters. The van der Waals surface area contributed by atoms with Gasteiger partial charge in [-0.1, -0.05) is 49.0 Å². The van der Waals surface area contributed by atoms with Gasteiger partial charge in [0.1, 0.15) is 12.4 Å². The van der Waals surface area contributed by atoms with E-state index in [2.05, 4.69) is 11.5 Å². The van der Waals surface area contributed by atoms with Crippen molar-refractivity contribution >= 4 is 21.5 Å². The molecule has 1 amide bonds. The smallest absolute Gasteiger partial charge is 0.410 e. The molecule has 41 heavy (non-hydrogen) atoms. The number of piperidine rings is 2. The molecule has 7 nitrogen and oxygen atoms in total. The van der Waals surface area contributed by atoms with Crippen LogP contribution in [0.25, 0.3) is 5.57 Å². The number of rotatable bonds is 8. The van der Waals surface area contributed by atoms with Gasteiger partial charge in [0.2, 0.25) is 9.84 Å². The second-order valence-corrected chi connectivity index (χ2v) is 12.7. The van der Waals surface area contributed by atoms with E-state index in [-0.39, 0.29) is 15.9 Å². The Kier molecular flexibility index (Phi) is 9.10. The van der Waals surface area contributed by atoms with E-state index in [4.69, 9.17) is 9.47 Å². The number of carbonyl (C=O) groups excluding carboxylic acids is 1. The van der Waals surface area contributed by atoms with Crippen LogP contribution in [0.3, 0.4) is 0 Å². The maximum atomic E-state index is 13.1. The highest BCUT2D eigenvalue weighted by atomic mass is 32.2. The van der Waals surface area contributed by atoms with Crippen LogP contribution in [-0.2, 0) is 21.2 Å². The molecule has 8 heteroatoms. The van der Waals surface area contributed by atoms with Crippen LogP contribution in [-0.4, -0.2) is 63.6 Å². The Morgan fingerprint density at radius 2 is 1.41 bits per heavy atom. The monoisotopic (exact) mass is 574 g/mol. The van der Waals surface area contributed by atoms with Crippen molar-refractivity contribution < 1.29 is 22.7 Å². The Labute approximate surface area is 243 Å². The predicted octanol–water partition coefficient (Wildman–Crippen LogP) is 6.05. The summed E-state index contributed by atoms with van der Waals surface area (Å²) in [5, 5.41) is 0. The van der Waals surface area contributed by atoms with Gasteiger partial charge in [0.05, 0.1) is 16.9 Å². The van der Waals surface area contributed by atoms with Gasteiger partial charge in [0.25, 0.3) is 0 Å². The Morgan fingerprint density at radius 1 is 0.829 bits per heavy atom. The number of amides is 1. The predicted molar refractivity (Wildman–Crippen MR) is 159 cm³/mol. The molecule has 0 unspecified atom stereocenters. The lowest BCUT2D eigenvalue weighted by Gasteiger charge is -2.41. The van der Waals surface area contributed by atoms with Gasteiger partial charge in [-0.2, -0.15) is 0 Å². The number of nitrogens with zero attached hydrogens (tertiary/aromatic N) is 2. The molecule has 0 saturated carbocycles. The molecule has 0 aromatic heterocycles. The van der Waals surface area contributed by atoms with Crippen LogP contribution in [0.1, 0.15) is 36.8 Å². The molecule has 2 aliphatic heterocycles. The lowest BCUT2D eigenvalue weighted by Crippen LogP contribution is -2.49. The average molecular weight is 575 g/mol. The Morgan fingerprint density at radius 3 is 2.00 bits per heavy atom. The zero-order chi connectivity index (χ0) is 28.8. The number of ether oxygens (including phenoxy) is 2. The molecule has 5 rings (SSSR count). The summed E-state index contributed by atoms with van der Waals surface area (Å²) in [6.07, 6.45) is 3.71. The van der Waals surface area contributed by atoms with Crippen molar-refractivity contribution in [2.45, 2.75) is 48.1 Å². The van der Waals surface area contributed by atoms with E-state index < -0.39 is 9.84 Å². The molecule has 2 fully saturated rings. The number of allylic oxidation sites excluding steroid dienone is 1. The van der Waals surface area contributed by atoms with Gasteiger partial charge < -0.3 is 19.3 Å². The van der Waals surface area contributed by atoms with E-state index >= 15 is 0 Å². The highest BCUT2D eigenvalue weighted by Crippen LogP contribution is 2.33. The molecular weight excluding hydrogens is 536 g/mol. The number of carbonyl (C=O) groups is 1. The Balaban J connectivity index is 1.09. The maximum Gasteiger partial charge on any atom is 0.410 e. The summed E-state index contributed by atoms with van der Waals surface area (Å²) in [5.41, 5.74) is 3.04. The zero-order valence-corrected chi connectivity index (χ0v) is 24.4. The fourth-order valence-electron chi connectivity index (χ4n) is 5.81.